The fourth-order valence-corrected chi connectivity index (χ4v) is 3.24. The summed E-state index contributed by atoms with van der Waals surface area (Å²) in [5, 5.41) is 0.0334. The summed E-state index contributed by atoms with van der Waals surface area (Å²) in [5.41, 5.74) is 0. The van der Waals surface area contributed by atoms with Gasteiger partial charge in [-0.05, 0) is 30.4 Å². The Labute approximate surface area is 117 Å². The van der Waals surface area contributed by atoms with Gasteiger partial charge in [-0.25, -0.2) is 22.7 Å². The molecule has 1 aromatic rings. The van der Waals surface area contributed by atoms with Crippen molar-refractivity contribution < 1.29 is 13.2 Å². The lowest BCUT2D eigenvalue weighted by molar-refractivity contribution is 0.0620. The molecule has 2 heterocycles. The summed E-state index contributed by atoms with van der Waals surface area (Å²) in [6.07, 6.45) is 4.23. The van der Waals surface area contributed by atoms with Gasteiger partial charge in [-0.3, -0.25) is 0 Å². The van der Waals surface area contributed by atoms with E-state index in [9.17, 15) is 8.42 Å². The lowest BCUT2D eigenvalue weighted by Crippen LogP contribution is -2.34. The predicted octanol–water partition coefficient (Wildman–Crippen LogP) is 1.18. The van der Waals surface area contributed by atoms with Crippen LogP contribution in [0.2, 0.25) is 5.28 Å². The average molecular weight is 306 g/mol. The molecule has 0 aliphatic carbocycles. The van der Waals surface area contributed by atoms with Gasteiger partial charge in [-0.1, -0.05) is 0 Å². The summed E-state index contributed by atoms with van der Waals surface area (Å²) in [4.78, 5) is 7.47. The lowest BCUT2D eigenvalue weighted by atomic mass is 10.0. The van der Waals surface area contributed by atoms with E-state index in [1.165, 1.54) is 16.7 Å². The number of hydrogen-bond acceptors (Lipinski definition) is 5. The standard InChI is InChI=1S/C11H16ClN3O3S/c1-15(8-9-2-4-18-5-3-9)19(16,17)10-6-13-11(12)14-7-10/h6-7,9H,2-5,8H2,1H3. The Hall–Kier alpha value is -0.760. The number of nitrogens with zero attached hydrogens (tertiary/aromatic N) is 3. The van der Waals surface area contributed by atoms with Crippen LogP contribution in [-0.4, -0.2) is 49.5 Å². The van der Waals surface area contributed by atoms with Crippen molar-refractivity contribution >= 4 is 21.6 Å². The van der Waals surface area contributed by atoms with Crippen molar-refractivity contribution in [2.45, 2.75) is 17.7 Å². The Balaban J connectivity index is 2.07. The van der Waals surface area contributed by atoms with E-state index in [0.29, 0.717) is 25.7 Å². The maximum Gasteiger partial charge on any atom is 0.245 e. The second-order valence-corrected chi connectivity index (χ2v) is 6.91. The molecular weight excluding hydrogens is 290 g/mol. The summed E-state index contributed by atoms with van der Waals surface area (Å²) in [6.45, 7) is 1.87. The second-order valence-electron chi connectivity index (χ2n) is 4.53. The Morgan fingerprint density at radius 3 is 2.53 bits per heavy atom. The van der Waals surface area contributed by atoms with E-state index in [1.807, 2.05) is 0 Å². The first-order valence-electron chi connectivity index (χ1n) is 6.02. The molecule has 2 rings (SSSR count). The van der Waals surface area contributed by atoms with Gasteiger partial charge in [0.15, 0.2) is 0 Å². The van der Waals surface area contributed by atoms with E-state index in [-0.39, 0.29) is 10.2 Å². The molecule has 106 valence electrons. The van der Waals surface area contributed by atoms with Gasteiger partial charge >= 0.3 is 0 Å². The van der Waals surface area contributed by atoms with E-state index in [4.69, 9.17) is 16.3 Å². The fourth-order valence-electron chi connectivity index (χ4n) is 2.00. The number of sulfonamides is 1. The number of halogens is 1. The van der Waals surface area contributed by atoms with Gasteiger partial charge < -0.3 is 4.74 Å². The molecule has 0 aromatic carbocycles. The van der Waals surface area contributed by atoms with Crippen LogP contribution < -0.4 is 0 Å². The minimum atomic E-state index is -3.55. The molecule has 0 unspecified atom stereocenters. The summed E-state index contributed by atoms with van der Waals surface area (Å²) in [7, 11) is -1.98. The molecule has 1 aliphatic rings. The van der Waals surface area contributed by atoms with E-state index < -0.39 is 10.0 Å². The smallest absolute Gasteiger partial charge is 0.245 e. The van der Waals surface area contributed by atoms with Crippen LogP contribution in [-0.2, 0) is 14.8 Å². The molecule has 0 N–H and O–H groups in total. The van der Waals surface area contributed by atoms with Crippen LogP contribution in [0.1, 0.15) is 12.8 Å². The zero-order valence-electron chi connectivity index (χ0n) is 10.6. The van der Waals surface area contributed by atoms with Crippen molar-refractivity contribution in [2.24, 2.45) is 5.92 Å². The van der Waals surface area contributed by atoms with Crippen molar-refractivity contribution in [3.8, 4) is 0 Å². The van der Waals surface area contributed by atoms with Gasteiger partial charge in [-0.15, -0.1) is 0 Å². The van der Waals surface area contributed by atoms with Crippen LogP contribution in [0.5, 0.6) is 0 Å². The Bertz CT molecular complexity index is 514. The van der Waals surface area contributed by atoms with Gasteiger partial charge in [0.05, 0.1) is 12.4 Å². The van der Waals surface area contributed by atoms with Gasteiger partial charge in [-0.2, -0.15) is 0 Å². The SMILES string of the molecule is CN(CC1CCOCC1)S(=O)(=O)c1cnc(Cl)nc1. The van der Waals surface area contributed by atoms with Crippen molar-refractivity contribution in [2.75, 3.05) is 26.8 Å². The van der Waals surface area contributed by atoms with Crippen molar-refractivity contribution in [3.05, 3.63) is 17.7 Å². The fraction of sp³-hybridized carbons (Fsp3) is 0.636. The molecule has 0 radical (unpaired) electrons. The number of ether oxygens (including phenoxy) is 1. The summed E-state index contributed by atoms with van der Waals surface area (Å²) in [6, 6.07) is 0. The number of hydrogen-bond donors (Lipinski definition) is 0. The maximum atomic E-state index is 12.3. The molecule has 8 heteroatoms. The van der Waals surface area contributed by atoms with Crippen LogP contribution in [0, 0.1) is 5.92 Å². The van der Waals surface area contributed by atoms with E-state index >= 15 is 0 Å². The molecule has 6 nitrogen and oxygen atoms in total. The summed E-state index contributed by atoms with van der Waals surface area (Å²) >= 11 is 5.55. The van der Waals surface area contributed by atoms with Crippen molar-refractivity contribution in [3.63, 3.8) is 0 Å². The van der Waals surface area contributed by atoms with Crippen molar-refractivity contribution in [1.82, 2.24) is 14.3 Å². The van der Waals surface area contributed by atoms with E-state index in [1.54, 1.807) is 7.05 Å². The monoisotopic (exact) mass is 305 g/mol. The normalized spacial score (nSPS) is 17.8. The largest absolute Gasteiger partial charge is 0.381 e. The quantitative estimate of drug-likeness (QED) is 0.781. The molecule has 0 spiro atoms. The zero-order valence-corrected chi connectivity index (χ0v) is 12.2. The summed E-state index contributed by atoms with van der Waals surface area (Å²) in [5.74, 6) is 0.335. The third kappa shape index (κ3) is 3.62. The molecule has 1 saturated heterocycles. The molecule has 0 amide bonds. The van der Waals surface area contributed by atoms with E-state index in [2.05, 4.69) is 9.97 Å². The minimum absolute atomic E-state index is 0.0334. The number of rotatable bonds is 4. The first-order chi connectivity index (χ1) is 9.00. The Kier molecular flexibility index (Phi) is 4.72. The molecule has 0 bridgehead atoms. The molecule has 0 atom stereocenters. The predicted molar refractivity (Wildman–Crippen MR) is 70.4 cm³/mol. The topological polar surface area (TPSA) is 72.4 Å². The van der Waals surface area contributed by atoms with Gasteiger partial charge in [0.25, 0.3) is 0 Å². The highest BCUT2D eigenvalue weighted by atomic mass is 35.5. The molecule has 1 fully saturated rings. The second kappa shape index (κ2) is 6.13. The molecule has 0 saturated carbocycles. The lowest BCUT2D eigenvalue weighted by Gasteiger charge is -2.26. The highest BCUT2D eigenvalue weighted by molar-refractivity contribution is 7.89. The maximum absolute atomic E-state index is 12.3. The van der Waals surface area contributed by atoms with Gasteiger partial charge in [0.2, 0.25) is 15.3 Å². The molecular formula is C11H16ClN3O3S. The van der Waals surface area contributed by atoms with Gasteiger partial charge in [0, 0.05) is 26.8 Å². The highest BCUT2D eigenvalue weighted by Gasteiger charge is 2.25. The first-order valence-corrected chi connectivity index (χ1v) is 7.83. The molecule has 19 heavy (non-hydrogen) atoms. The average Bonchev–Trinajstić information content (AvgIpc) is 2.40. The third-order valence-electron chi connectivity index (χ3n) is 3.16. The Morgan fingerprint density at radius 2 is 1.95 bits per heavy atom. The Morgan fingerprint density at radius 1 is 1.37 bits per heavy atom. The summed E-state index contributed by atoms with van der Waals surface area (Å²) < 4.78 is 31.2. The van der Waals surface area contributed by atoms with Crippen LogP contribution >= 0.6 is 11.6 Å². The van der Waals surface area contributed by atoms with Crippen molar-refractivity contribution in [1.29, 1.82) is 0 Å². The molecule has 1 aliphatic heterocycles. The van der Waals surface area contributed by atoms with Crippen LogP contribution in [0.3, 0.4) is 0 Å². The number of aromatic nitrogens is 2. The first kappa shape index (κ1) is 14.6. The van der Waals surface area contributed by atoms with Crippen LogP contribution in [0.4, 0.5) is 0 Å². The third-order valence-corrected chi connectivity index (χ3v) is 5.13. The minimum Gasteiger partial charge on any atom is -0.381 e. The highest BCUT2D eigenvalue weighted by Crippen LogP contribution is 2.20. The van der Waals surface area contributed by atoms with Crippen LogP contribution in [0.25, 0.3) is 0 Å². The van der Waals surface area contributed by atoms with Crippen LogP contribution in [0.15, 0.2) is 17.3 Å². The van der Waals surface area contributed by atoms with E-state index in [0.717, 1.165) is 12.8 Å². The molecule has 1 aromatic heterocycles. The van der Waals surface area contributed by atoms with Gasteiger partial charge in [0.1, 0.15) is 4.90 Å². The zero-order chi connectivity index (χ0) is 13.9.